The molecule has 0 saturated carbocycles. The summed E-state index contributed by atoms with van der Waals surface area (Å²) in [5.41, 5.74) is 4.62. The highest BCUT2D eigenvalue weighted by Crippen LogP contribution is 2.19. The number of aliphatic imine (C=N–C) groups is 1. The van der Waals surface area contributed by atoms with E-state index in [4.69, 9.17) is 9.73 Å². The van der Waals surface area contributed by atoms with E-state index in [1.54, 1.807) is 6.07 Å². The fourth-order valence-corrected chi connectivity index (χ4v) is 3.78. The van der Waals surface area contributed by atoms with Crippen LogP contribution in [0, 0.1) is 0 Å². The Morgan fingerprint density at radius 1 is 1.03 bits per heavy atom. The minimum Gasteiger partial charge on any atom is -0.494 e. The maximum Gasteiger partial charge on any atom is 0.258 e. The third-order valence-electron chi connectivity index (χ3n) is 5.61. The summed E-state index contributed by atoms with van der Waals surface area (Å²) in [5.74, 6) is 0.965. The number of ether oxygens (including phenoxy) is 1. The zero-order valence-electron chi connectivity index (χ0n) is 20.3. The number of amides is 1. The molecule has 0 atom stereocenters. The van der Waals surface area contributed by atoms with Crippen LogP contribution in [0.15, 0.2) is 84.0 Å². The number of hydrogen-bond acceptors (Lipinski definition) is 4. The average Bonchev–Trinajstić information content (AvgIpc) is 3.28. The smallest absolute Gasteiger partial charge is 0.258 e. The Kier molecular flexibility index (Phi) is 7.67. The fourth-order valence-electron chi connectivity index (χ4n) is 3.78. The van der Waals surface area contributed by atoms with Crippen LogP contribution in [0.25, 0.3) is 10.9 Å². The van der Waals surface area contributed by atoms with Crippen molar-refractivity contribution in [3.63, 3.8) is 0 Å². The normalized spacial score (nSPS) is 11.3. The number of hydrogen-bond donors (Lipinski definition) is 3. The van der Waals surface area contributed by atoms with Gasteiger partial charge < -0.3 is 19.9 Å². The molecule has 7 heteroatoms. The lowest BCUT2D eigenvalue weighted by Gasteiger charge is -2.15. The van der Waals surface area contributed by atoms with Crippen molar-refractivity contribution in [1.29, 1.82) is 0 Å². The molecule has 180 valence electrons. The standard InChI is InChI=1S/C28H31N5O2/c1-4-35-24-14-12-22(13-15-24)31-28(32-27(34)20-8-7-9-23(18-20)33(2)3)29-17-16-21-19-30-26-11-6-5-10-25(21)26/h5-15,18-19,30H,4,16-17H2,1-3H3,(H2,29,31,32,34). The summed E-state index contributed by atoms with van der Waals surface area (Å²) in [7, 11) is 3.89. The summed E-state index contributed by atoms with van der Waals surface area (Å²) in [5, 5.41) is 7.38. The zero-order chi connectivity index (χ0) is 24.6. The van der Waals surface area contributed by atoms with Gasteiger partial charge in [-0.25, -0.2) is 0 Å². The van der Waals surface area contributed by atoms with Gasteiger partial charge in [-0.3, -0.25) is 15.1 Å². The Balaban J connectivity index is 1.52. The van der Waals surface area contributed by atoms with Crippen LogP contribution in [0.2, 0.25) is 0 Å². The Morgan fingerprint density at radius 3 is 2.60 bits per heavy atom. The molecule has 7 nitrogen and oxygen atoms in total. The number of aromatic nitrogens is 1. The van der Waals surface area contributed by atoms with Gasteiger partial charge in [-0.2, -0.15) is 0 Å². The number of para-hydroxylation sites is 1. The summed E-state index contributed by atoms with van der Waals surface area (Å²) in [6.07, 6.45) is 2.76. The second kappa shape index (κ2) is 11.2. The highest BCUT2D eigenvalue weighted by molar-refractivity contribution is 6.10. The molecule has 35 heavy (non-hydrogen) atoms. The van der Waals surface area contributed by atoms with Gasteiger partial charge in [-0.15, -0.1) is 0 Å². The van der Waals surface area contributed by atoms with E-state index in [0.29, 0.717) is 24.7 Å². The van der Waals surface area contributed by atoms with Gasteiger partial charge in [0, 0.05) is 54.7 Å². The predicted octanol–water partition coefficient (Wildman–Crippen LogP) is 5.07. The second-order valence-electron chi connectivity index (χ2n) is 8.32. The molecule has 0 fully saturated rings. The van der Waals surface area contributed by atoms with Gasteiger partial charge in [-0.05, 0) is 67.4 Å². The lowest BCUT2D eigenvalue weighted by molar-refractivity contribution is 0.0977. The van der Waals surface area contributed by atoms with Crippen LogP contribution in [0.4, 0.5) is 11.4 Å². The number of aromatic amines is 1. The number of carbonyl (C=O) groups is 1. The molecular weight excluding hydrogens is 438 g/mol. The number of benzene rings is 3. The van der Waals surface area contributed by atoms with Crippen molar-refractivity contribution in [1.82, 2.24) is 10.3 Å². The monoisotopic (exact) mass is 469 g/mol. The Hall–Kier alpha value is -4.26. The third kappa shape index (κ3) is 6.20. The van der Waals surface area contributed by atoms with E-state index >= 15 is 0 Å². The number of nitrogens with one attached hydrogen (secondary N) is 3. The van der Waals surface area contributed by atoms with Crippen molar-refractivity contribution < 1.29 is 9.53 Å². The number of anilines is 2. The van der Waals surface area contributed by atoms with Crippen molar-refractivity contribution in [3.05, 3.63) is 90.1 Å². The molecule has 0 saturated heterocycles. The van der Waals surface area contributed by atoms with E-state index in [-0.39, 0.29) is 5.91 Å². The van der Waals surface area contributed by atoms with Crippen LogP contribution in [0.3, 0.4) is 0 Å². The number of rotatable bonds is 8. The highest BCUT2D eigenvalue weighted by Gasteiger charge is 2.11. The van der Waals surface area contributed by atoms with Crippen molar-refractivity contribution in [3.8, 4) is 5.75 Å². The molecule has 0 aliphatic heterocycles. The van der Waals surface area contributed by atoms with Crippen molar-refractivity contribution >= 4 is 34.1 Å². The largest absolute Gasteiger partial charge is 0.494 e. The molecule has 1 heterocycles. The summed E-state index contributed by atoms with van der Waals surface area (Å²) in [4.78, 5) is 23.0. The fraction of sp³-hybridized carbons (Fsp3) is 0.214. The molecular formula is C28H31N5O2. The van der Waals surface area contributed by atoms with Crippen LogP contribution in [0.1, 0.15) is 22.8 Å². The van der Waals surface area contributed by atoms with Crippen molar-refractivity contribution in [2.24, 2.45) is 4.99 Å². The number of guanidine groups is 1. The molecule has 3 aromatic carbocycles. The molecule has 4 aromatic rings. The first-order chi connectivity index (χ1) is 17.0. The lowest BCUT2D eigenvalue weighted by Crippen LogP contribution is -2.36. The molecule has 0 bridgehead atoms. The van der Waals surface area contributed by atoms with Crippen LogP contribution >= 0.6 is 0 Å². The van der Waals surface area contributed by atoms with Gasteiger partial charge in [0.25, 0.3) is 5.91 Å². The molecule has 0 radical (unpaired) electrons. The van der Waals surface area contributed by atoms with Crippen molar-refractivity contribution in [2.75, 3.05) is 37.5 Å². The van der Waals surface area contributed by atoms with E-state index in [9.17, 15) is 4.79 Å². The van der Waals surface area contributed by atoms with Crippen LogP contribution in [-0.4, -0.2) is 44.1 Å². The lowest BCUT2D eigenvalue weighted by atomic mass is 10.1. The van der Waals surface area contributed by atoms with Gasteiger partial charge in [0.1, 0.15) is 5.75 Å². The van der Waals surface area contributed by atoms with Crippen LogP contribution in [-0.2, 0) is 6.42 Å². The first kappa shape index (κ1) is 23.9. The number of fused-ring (bicyclic) bond motifs is 1. The molecule has 0 aliphatic carbocycles. The SMILES string of the molecule is CCOc1ccc(NC(=NCCc2c[nH]c3ccccc23)NC(=O)c2cccc(N(C)C)c2)cc1. The molecule has 4 rings (SSSR count). The minimum absolute atomic E-state index is 0.224. The Labute approximate surface area is 205 Å². The van der Waals surface area contributed by atoms with Crippen LogP contribution in [0.5, 0.6) is 5.75 Å². The van der Waals surface area contributed by atoms with Gasteiger partial charge >= 0.3 is 0 Å². The number of H-pyrrole nitrogens is 1. The zero-order valence-corrected chi connectivity index (χ0v) is 20.3. The van der Waals surface area contributed by atoms with Gasteiger partial charge in [0.2, 0.25) is 5.96 Å². The summed E-state index contributed by atoms with van der Waals surface area (Å²) >= 11 is 0. The second-order valence-corrected chi connectivity index (χ2v) is 8.32. The maximum absolute atomic E-state index is 13.1. The van der Waals surface area contributed by atoms with Gasteiger partial charge in [0.15, 0.2) is 0 Å². The number of carbonyl (C=O) groups excluding carboxylic acids is 1. The summed E-state index contributed by atoms with van der Waals surface area (Å²) in [6, 6.07) is 23.3. The third-order valence-corrected chi connectivity index (χ3v) is 5.61. The quantitative estimate of drug-likeness (QED) is 0.248. The predicted molar refractivity (Wildman–Crippen MR) is 144 cm³/mol. The van der Waals surface area contributed by atoms with Crippen LogP contribution < -0.4 is 20.3 Å². The first-order valence-corrected chi connectivity index (χ1v) is 11.7. The summed E-state index contributed by atoms with van der Waals surface area (Å²) in [6.45, 7) is 3.07. The molecule has 0 unspecified atom stereocenters. The summed E-state index contributed by atoms with van der Waals surface area (Å²) < 4.78 is 5.53. The minimum atomic E-state index is -0.224. The van der Waals surface area contributed by atoms with Gasteiger partial charge in [0.05, 0.1) is 6.61 Å². The molecule has 1 amide bonds. The van der Waals surface area contributed by atoms with E-state index in [0.717, 1.165) is 29.1 Å². The average molecular weight is 470 g/mol. The maximum atomic E-state index is 13.1. The Morgan fingerprint density at radius 2 is 1.83 bits per heavy atom. The van der Waals surface area contributed by atoms with E-state index in [1.165, 1.54) is 10.9 Å². The molecule has 0 aliphatic rings. The molecule has 0 spiro atoms. The molecule has 1 aromatic heterocycles. The van der Waals surface area contributed by atoms with Crippen molar-refractivity contribution in [2.45, 2.75) is 13.3 Å². The highest BCUT2D eigenvalue weighted by atomic mass is 16.5. The van der Waals surface area contributed by atoms with E-state index in [2.05, 4.69) is 27.8 Å². The number of nitrogens with zero attached hydrogens (tertiary/aromatic N) is 2. The van der Waals surface area contributed by atoms with E-state index < -0.39 is 0 Å². The van der Waals surface area contributed by atoms with E-state index in [1.807, 2.05) is 86.7 Å². The van der Waals surface area contributed by atoms with Gasteiger partial charge in [-0.1, -0.05) is 24.3 Å². The first-order valence-electron chi connectivity index (χ1n) is 11.7. The molecule has 3 N–H and O–H groups in total. The Bertz CT molecular complexity index is 1310. The topological polar surface area (TPSA) is 81.7 Å².